The number of carbonyl (C=O) groups excluding carboxylic acids is 1. The number of hydrogen-bond donors (Lipinski definition) is 2. The van der Waals surface area contributed by atoms with Crippen molar-refractivity contribution in [3.8, 4) is 11.5 Å². The summed E-state index contributed by atoms with van der Waals surface area (Å²) in [4.78, 5) is 11.1. The SMILES string of the molecule is NC(=O)N(S)c1cccc(OCCCOc2ccccc2)c1. The van der Waals surface area contributed by atoms with Crippen molar-refractivity contribution < 1.29 is 14.3 Å². The number of nitrogens with zero attached hydrogens (tertiary/aromatic N) is 1. The Labute approximate surface area is 135 Å². The molecule has 2 amide bonds. The summed E-state index contributed by atoms with van der Waals surface area (Å²) in [6, 6.07) is 16.0. The summed E-state index contributed by atoms with van der Waals surface area (Å²) in [6.45, 7) is 1.09. The van der Waals surface area contributed by atoms with Gasteiger partial charge in [0.1, 0.15) is 11.5 Å². The Bertz CT molecular complexity index is 607. The molecule has 0 fully saturated rings. The first kappa shape index (κ1) is 16.0. The molecule has 0 aliphatic heterocycles. The second-order valence-corrected chi connectivity index (χ2v) is 4.91. The quantitative estimate of drug-likeness (QED) is 0.608. The molecular formula is C16H18N2O3S. The van der Waals surface area contributed by atoms with E-state index < -0.39 is 6.03 Å². The maximum atomic E-state index is 11.1. The van der Waals surface area contributed by atoms with Crippen molar-refractivity contribution in [2.24, 2.45) is 5.73 Å². The monoisotopic (exact) mass is 318 g/mol. The third kappa shape index (κ3) is 4.89. The van der Waals surface area contributed by atoms with E-state index in [0.29, 0.717) is 24.7 Å². The Kier molecular flexibility index (Phi) is 5.97. The molecule has 22 heavy (non-hydrogen) atoms. The van der Waals surface area contributed by atoms with Crippen molar-refractivity contribution >= 4 is 24.5 Å². The van der Waals surface area contributed by atoms with Gasteiger partial charge in [0.05, 0.1) is 18.9 Å². The van der Waals surface area contributed by atoms with Crippen LogP contribution in [0.3, 0.4) is 0 Å². The van der Waals surface area contributed by atoms with E-state index in [4.69, 9.17) is 15.2 Å². The number of rotatable bonds is 7. The molecule has 0 unspecified atom stereocenters. The van der Waals surface area contributed by atoms with E-state index in [1.165, 1.54) is 0 Å². The highest BCUT2D eigenvalue weighted by atomic mass is 32.1. The zero-order chi connectivity index (χ0) is 15.8. The molecule has 2 N–H and O–H groups in total. The third-order valence-electron chi connectivity index (χ3n) is 2.84. The Hall–Kier alpha value is -2.34. The van der Waals surface area contributed by atoms with E-state index in [-0.39, 0.29) is 0 Å². The molecule has 0 aliphatic rings. The van der Waals surface area contributed by atoms with E-state index in [2.05, 4.69) is 12.8 Å². The molecule has 0 bridgehead atoms. The van der Waals surface area contributed by atoms with E-state index >= 15 is 0 Å². The second-order valence-electron chi connectivity index (χ2n) is 4.51. The molecule has 0 radical (unpaired) electrons. The van der Waals surface area contributed by atoms with Gasteiger partial charge in [-0.25, -0.2) is 9.10 Å². The average Bonchev–Trinajstić information content (AvgIpc) is 2.55. The van der Waals surface area contributed by atoms with Crippen LogP contribution in [0.4, 0.5) is 10.5 Å². The number of amides is 2. The molecule has 2 rings (SSSR count). The van der Waals surface area contributed by atoms with Crippen molar-refractivity contribution in [2.45, 2.75) is 6.42 Å². The van der Waals surface area contributed by atoms with Crippen molar-refractivity contribution in [1.29, 1.82) is 0 Å². The lowest BCUT2D eigenvalue weighted by Crippen LogP contribution is -2.27. The maximum absolute atomic E-state index is 11.1. The summed E-state index contributed by atoms with van der Waals surface area (Å²) < 4.78 is 12.3. The number of benzene rings is 2. The van der Waals surface area contributed by atoms with Crippen LogP contribution >= 0.6 is 12.8 Å². The second kappa shape index (κ2) is 8.19. The van der Waals surface area contributed by atoms with Gasteiger partial charge in [-0.3, -0.25) is 0 Å². The van der Waals surface area contributed by atoms with Gasteiger partial charge in [0.2, 0.25) is 0 Å². The van der Waals surface area contributed by atoms with Gasteiger partial charge in [-0.2, -0.15) is 0 Å². The highest BCUT2D eigenvalue weighted by Gasteiger charge is 2.08. The summed E-state index contributed by atoms with van der Waals surface area (Å²) in [5.74, 6) is 1.49. The molecule has 5 nitrogen and oxygen atoms in total. The Morgan fingerprint density at radius 2 is 1.64 bits per heavy atom. The lowest BCUT2D eigenvalue weighted by atomic mass is 10.3. The van der Waals surface area contributed by atoms with Crippen LogP contribution in [0.1, 0.15) is 6.42 Å². The van der Waals surface area contributed by atoms with Crippen LogP contribution in [-0.2, 0) is 0 Å². The molecule has 2 aromatic rings. The van der Waals surface area contributed by atoms with Crippen molar-refractivity contribution in [1.82, 2.24) is 0 Å². The van der Waals surface area contributed by atoms with Crippen LogP contribution in [0.15, 0.2) is 54.6 Å². The standard InChI is InChI=1S/C16H18N2O3S/c17-16(19)18(22)13-6-4-9-15(12-13)21-11-5-10-20-14-7-2-1-3-8-14/h1-4,6-9,12,22H,5,10-11H2,(H2,17,19). The molecule has 0 aromatic heterocycles. The Morgan fingerprint density at radius 3 is 2.32 bits per heavy atom. The first-order valence-electron chi connectivity index (χ1n) is 6.86. The van der Waals surface area contributed by atoms with E-state index in [9.17, 15) is 4.79 Å². The van der Waals surface area contributed by atoms with Crippen molar-refractivity contribution in [2.75, 3.05) is 17.5 Å². The van der Waals surface area contributed by atoms with Crippen molar-refractivity contribution in [3.63, 3.8) is 0 Å². The minimum absolute atomic E-state index is 0.513. The van der Waals surface area contributed by atoms with E-state index in [0.717, 1.165) is 16.5 Å². The fraction of sp³-hybridized carbons (Fsp3) is 0.188. The van der Waals surface area contributed by atoms with Crippen LogP contribution in [0, 0.1) is 0 Å². The number of para-hydroxylation sites is 1. The maximum Gasteiger partial charge on any atom is 0.329 e. The van der Waals surface area contributed by atoms with E-state index in [1.807, 2.05) is 36.4 Å². The van der Waals surface area contributed by atoms with Crippen LogP contribution in [0.2, 0.25) is 0 Å². The number of urea groups is 1. The normalized spacial score (nSPS) is 10.0. The van der Waals surface area contributed by atoms with Gasteiger partial charge in [-0.05, 0) is 24.3 Å². The molecule has 116 valence electrons. The topological polar surface area (TPSA) is 64.8 Å². The summed E-state index contributed by atoms with van der Waals surface area (Å²) in [5, 5.41) is 0. The molecule has 0 heterocycles. The first-order chi connectivity index (χ1) is 10.7. The number of anilines is 1. The molecule has 2 aromatic carbocycles. The van der Waals surface area contributed by atoms with Gasteiger partial charge in [0.15, 0.2) is 0 Å². The fourth-order valence-electron chi connectivity index (χ4n) is 1.79. The van der Waals surface area contributed by atoms with Gasteiger partial charge in [-0.15, -0.1) is 0 Å². The minimum atomic E-state index is -0.642. The van der Waals surface area contributed by atoms with Crippen molar-refractivity contribution in [3.05, 3.63) is 54.6 Å². The molecule has 0 saturated carbocycles. The van der Waals surface area contributed by atoms with E-state index in [1.54, 1.807) is 18.2 Å². The summed E-state index contributed by atoms with van der Waals surface area (Å²) in [5.41, 5.74) is 5.73. The first-order valence-corrected chi connectivity index (χ1v) is 7.26. The predicted octanol–water partition coefficient (Wildman–Crippen LogP) is 3.26. The van der Waals surface area contributed by atoms with Gasteiger partial charge in [0, 0.05) is 12.5 Å². The van der Waals surface area contributed by atoms with Gasteiger partial charge in [-0.1, -0.05) is 37.1 Å². The number of ether oxygens (including phenoxy) is 2. The lowest BCUT2D eigenvalue weighted by molar-refractivity contribution is 0.247. The number of primary amides is 1. The minimum Gasteiger partial charge on any atom is -0.493 e. The lowest BCUT2D eigenvalue weighted by Gasteiger charge is -2.14. The number of hydrogen-bond acceptors (Lipinski definition) is 4. The number of nitrogens with two attached hydrogens (primary N) is 1. The van der Waals surface area contributed by atoms with Gasteiger partial charge in [0.25, 0.3) is 0 Å². The highest BCUT2D eigenvalue weighted by Crippen LogP contribution is 2.22. The number of thiol groups is 1. The molecule has 0 saturated heterocycles. The zero-order valence-corrected chi connectivity index (χ0v) is 12.9. The van der Waals surface area contributed by atoms with Crippen LogP contribution < -0.4 is 19.5 Å². The van der Waals surface area contributed by atoms with Crippen LogP contribution in [0.5, 0.6) is 11.5 Å². The molecule has 0 spiro atoms. The smallest absolute Gasteiger partial charge is 0.329 e. The highest BCUT2D eigenvalue weighted by molar-refractivity contribution is 7.82. The molecule has 0 atom stereocenters. The van der Waals surface area contributed by atoms with Gasteiger partial charge < -0.3 is 15.2 Å². The number of carbonyl (C=O) groups is 1. The predicted molar refractivity (Wildman–Crippen MR) is 89.5 cm³/mol. The Balaban J connectivity index is 1.75. The average molecular weight is 318 g/mol. The summed E-state index contributed by atoms with van der Waals surface area (Å²) in [6.07, 6.45) is 0.750. The van der Waals surface area contributed by atoms with Crippen LogP contribution in [0.25, 0.3) is 0 Å². The third-order valence-corrected chi connectivity index (χ3v) is 3.27. The zero-order valence-electron chi connectivity index (χ0n) is 12.0. The fourth-order valence-corrected chi connectivity index (χ4v) is 1.91. The van der Waals surface area contributed by atoms with Gasteiger partial charge >= 0.3 is 6.03 Å². The molecule has 0 aliphatic carbocycles. The summed E-state index contributed by atoms with van der Waals surface area (Å²) >= 11 is 4.01. The largest absolute Gasteiger partial charge is 0.493 e. The summed E-state index contributed by atoms with van der Waals surface area (Å²) in [7, 11) is 0. The molecule has 6 heteroatoms. The van der Waals surface area contributed by atoms with Crippen LogP contribution in [-0.4, -0.2) is 19.2 Å². The Morgan fingerprint density at radius 1 is 1.00 bits per heavy atom. The molecular weight excluding hydrogens is 300 g/mol.